The lowest BCUT2D eigenvalue weighted by molar-refractivity contribution is 0.603. The van der Waals surface area contributed by atoms with Gasteiger partial charge in [0, 0.05) is 0 Å². The fourth-order valence-corrected chi connectivity index (χ4v) is 0. The molecule has 2 nitrogen and oxygen atoms in total. The van der Waals surface area contributed by atoms with Gasteiger partial charge in [0.25, 0.3) is 0 Å². The van der Waals surface area contributed by atoms with Crippen molar-refractivity contribution in [3.05, 3.63) is 0 Å². The Morgan fingerprint density at radius 2 is 1.57 bits per heavy atom. The van der Waals surface area contributed by atoms with Crippen molar-refractivity contribution < 1.29 is 8.42 Å². The molecule has 0 fully saturated rings. The van der Waals surface area contributed by atoms with Crippen LogP contribution in [0.15, 0.2) is 0 Å². The van der Waals surface area contributed by atoms with Crippen molar-refractivity contribution in [2.45, 2.75) is 17.5 Å². The summed E-state index contributed by atoms with van der Waals surface area (Å²) in [5, 5.41) is 0. The average Bonchev–Trinajstić information content (AvgIpc) is 1.31. The van der Waals surface area contributed by atoms with E-state index in [0.29, 0.717) is 0 Å². The average molecular weight is 187 g/mol. The maximum absolute atomic E-state index is 10.0. The van der Waals surface area contributed by atoms with Crippen LogP contribution in [0.2, 0.25) is 0 Å². The van der Waals surface area contributed by atoms with Gasteiger partial charge in [0.2, 0.25) is 0 Å². The summed E-state index contributed by atoms with van der Waals surface area (Å²) in [5.74, 6) is 0. The van der Waals surface area contributed by atoms with Gasteiger partial charge in [-0.3, -0.25) is 0 Å². The summed E-state index contributed by atoms with van der Waals surface area (Å²) < 4.78 is 19.3. The maximum Gasteiger partial charge on any atom is 0.155 e. The topological polar surface area (TPSA) is 34.1 Å². The summed E-state index contributed by atoms with van der Waals surface area (Å²) in [6.07, 6.45) is 0. The molecular formula is C3H7BrO2S. The van der Waals surface area contributed by atoms with Crippen LogP contribution >= 0.6 is 15.9 Å². The lowest BCUT2D eigenvalue weighted by Gasteiger charge is -2.02. The van der Waals surface area contributed by atoms with E-state index in [-0.39, 0.29) is 0 Å². The molecule has 0 unspecified atom stereocenters. The molecule has 7 heavy (non-hydrogen) atoms. The van der Waals surface area contributed by atoms with Gasteiger partial charge < -0.3 is 0 Å². The molecule has 0 aromatic rings. The first kappa shape index (κ1) is 7.43. The number of halogens is 1. The quantitative estimate of drug-likeness (QED) is 0.485. The van der Waals surface area contributed by atoms with Crippen LogP contribution in [0, 0.1) is 0 Å². The van der Waals surface area contributed by atoms with Crippen molar-refractivity contribution in [3.8, 4) is 0 Å². The molecule has 0 heterocycles. The molecule has 0 aliphatic heterocycles. The van der Waals surface area contributed by atoms with Crippen LogP contribution in [0.25, 0.3) is 0 Å². The third-order valence-electron chi connectivity index (χ3n) is 0.434. The van der Waals surface area contributed by atoms with Crippen molar-refractivity contribution >= 4 is 26.6 Å². The van der Waals surface area contributed by atoms with Gasteiger partial charge in [-0.25, -0.2) is 8.42 Å². The van der Waals surface area contributed by atoms with E-state index in [2.05, 4.69) is 15.9 Å². The fourth-order valence-electron chi connectivity index (χ4n) is 0. The monoisotopic (exact) mass is 186 g/mol. The molecule has 0 aliphatic carbocycles. The standard InChI is InChI=1S/C3H7BrO2S/c1-3(2,4)7(5)6/h7H,1-2H3. The van der Waals surface area contributed by atoms with Crippen LogP contribution in [-0.2, 0) is 10.7 Å². The van der Waals surface area contributed by atoms with Crippen molar-refractivity contribution in [2.24, 2.45) is 0 Å². The molecule has 0 saturated carbocycles. The van der Waals surface area contributed by atoms with Crippen molar-refractivity contribution in [1.29, 1.82) is 0 Å². The highest BCUT2D eigenvalue weighted by Gasteiger charge is 2.14. The first-order valence-corrected chi connectivity index (χ1v) is 3.75. The lowest BCUT2D eigenvalue weighted by atomic mass is 10.6. The summed E-state index contributed by atoms with van der Waals surface area (Å²) in [5.41, 5.74) is 0. The molecule has 0 bridgehead atoms. The minimum absolute atomic E-state index is 0.734. The van der Waals surface area contributed by atoms with E-state index in [1.165, 1.54) is 0 Å². The Bertz CT molecular complexity index is 113. The minimum atomic E-state index is -2.32. The zero-order chi connectivity index (χ0) is 6.08. The van der Waals surface area contributed by atoms with Gasteiger partial charge in [-0.05, 0) is 13.8 Å². The van der Waals surface area contributed by atoms with E-state index in [4.69, 9.17) is 0 Å². The highest BCUT2D eigenvalue weighted by Crippen LogP contribution is 2.14. The van der Waals surface area contributed by atoms with Crippen molar-refractivity contribution in [3.63, 3.8) is 0 Å². The zero-order valence-corrected chi connectivity index (χ0v) is 6.62. The predicted molar refractivity (Wildman–Crippen MR) is 33.3 cm³/mol. The molecule has 0 atom stereocenters. The van der Waals surface area contributed by atoms with Crippen LogP contribution in [0.5, 0.6) is 0 Å². The fraction of sp³-hybridized carbons (Fsp3) is 1.00. The number of thiol groups is 1. The van der Waals surface area contributed by atoms with Crippen LogP contribution in [0.3, 0.4) is 0 Å². The van der Waals surface area contributed by atoms with Crippen LogP contribution < -0.4 is 0 Å². The number of hydrogen-bond acceptors (Lipinski definition) is 2. The maximum atomic E-state index is 10.0. The highest BCUT2D eigenvalue weighted by molar-refractivity contribution is 9.11. The summed E-state index contributed by atoms with van der Waals surface area (Å²) >= 11 is 2.95. The first-order chi connectivity index (χ1) is 2.94. The van der Waals surface area contributed by atoms with E-state index in [1.54, 1.807) is 13.8 Å². The van der Waals surface area contributed by atoms with Gasteiger partial charge in [0.15, 0.2) is 10.7 Å². The molecule has 0 aromatic heterocycles. The molecule has 0 rings (SSSR count). The van der Waals surface area contributed by atoms with Gasteiger partial charge in [0.1, 0.15) is 3.66 Å². The third kappa shape index (κ3) is 3.05. The number of rotatable bonds is 1. The Balaban J connectivity index is 4.08. The van der Waals surface area contributed by atoms with Gasteiger partial charge >= 0.3 is 0 Å². The van der Waals surface area contributed by atoms with E-state index in [1.807, 2.05) is 0 Å². The molecule has 0 spiro atoms. The van der Waals surface area contributed by atoms with Crippen LogP contribution in [0.4, 0.5) is 0 Å². The molecule has 0 aliphatic rings. The van der Waals surface area contributed by atoms with Crippen LogP contribution in [0.1, 0.15) is 13.8 Å². The van der Waals surface area contributed by atoms with E-state index >= 15 is 0 Å². The molecule has 0 saturated heterocycles. The Labute approximate surface area is 53.0 Å². The molecule has 4 heteroatoms. The van der Waals surface area contributed by atoms with Crippen molar-refractivity contribution in [2.75, 3.05) is 0 Å². The van der Waals surface area contributed by atoms with Gasteiger partial charge in [-0.1, -0.05) is 15.9 Å². The Morgan fingerprint density at radius 1 is 1.43 bits per heavy atom. The molecule has 0 aromatic carbocycles. The normalized spacial score (nSPS) is 12.6. The molecule has 0 N–H and O–H groups in total. The van der Waals surface area contributed by atoms with Crippen molar-refractivity contribution in [1.82, 2.24) is 0 Å². The van der Waals surface area contributed by atoms with E-state index < -0.39 is 14.4 Å². The Morgan fingerprint density at radius 3 is 1.57 bits per heavy atom. The second kappa shape index (κ2) is 2.13. The summed E-state index contributed by atoms with van der Waals surface area (Å²) in [7, 11) is -2.32. The van der Waals surface area contributed by atoms with Gasteiger partial charge in [0.05, 0.1) is 0 Å². The second-order valence-corrected chi connectivity index (χ2v) is 5.89. The lowest BCUT2D eigenvalue weighted by Crippen LogP contribution is -2.09. The third-order valence-corrected chi connectivity index (χ3v) is 2.17. The first-order valence-electron chi connectivity index (χ1n) is 1.78. The molecule has 44 valence electrons. The minimum Gasteiger partial charge on any atom is -0.230 e. The van der Waals surface area contributed by atoms with E-state index in [9.17, 15) is 8.42 Å². The van der Waals surface area contributed by atoms with Crippen LogP contribution in [-0.4, -0.2) is 12.1 Å². The highest BCUT2D eigenvalue weighted by atomic mass is 79.9. The predicted octanol–water partition coefficient (Wildman–Crippen LogP) is 0.729. The smallest absolute Gasteiger partial charge is 0.155 e. The SMILES string of the molecule is CC(C)(Br)[SH](=O)=O. The van der Waals surface area contributed by atoms with Gasteiger partial charge in [-0.2, -0.15) is 0 Å². The number of alkyl halides is 1. The van der Waals surface area contributed by atoms with E-state index in [0.717, 1.165) is 0 Å². The number of hydrogen-bond donors (Lipinski definition) is 1. The largest absolute Gasteiger partial charge is 0.230 e. The Kier molecular flexibility index (Phi) is 2.26. The van der Waals surface area contributed by atoms with Gasteiger partial charge in [-0.15, -0.1) is 0 Å². The Hall–Kier alpha value is 0.430. The summed E-state index contributed by atoms with van der Waals surface area (Å²) in [6, 6.07) is 0. The zero-order valence-electron chi connectivity index (χ0n) is 4.14. The molecule has 0 amide bonds. The second-order valence-electron chi connectivity index (χ2n) is 1.67. The summed E-state index contributed by atoms with van der Waals surface area (Å²) in [4.78, 5) is 0. The molecule has 0 radical (unpaired) electrons. The summed E-state index contributed by atoms with van der Waals surface area (Å²) in [6.45, 7) is 3.16. The molecular weight excluding hydrogens is 180 g/mol.